The van der Waals surface area contributed by atoms with Crippen LogP contribution in [0.2, 0.25) is 0 Å². The summed E-state index contributed by atoms with van der Waals surface area (Å²) in [7, 11) is 0. The zero-order valence-corrected chi connectivity index (χ0v) is 10.9. The first kappa shape index (κ1) is 11.6. The van der Waals surface area contributed by atoms with Crippen LogP contribution in [0.1, 0.15) is 19.2 Å². The van der Waals surface area contributed by atoms with Crippen LogP contribution in [0.15, 0.2) is 22.7 Å². The van der Waals surface area contributed by atoms with Crippen molar-refractivity contribution in [1.82, 2.24) is 9.97 Å². The number of H-pyrrole nitrogens is 1. The Morgan fingerprint density at radius 1 is 1.50 bits per heavy atom. The summed E-state index contributed by atoms with van der Waals surface area (Å²) in [5.74, 6) is 1.55. The molecule has 0 radical (unpaired) electrons. The van der Waals surface area contributed by atoms with E-state index in [-0.39, 0.29) is 0 Å². The highest BCUT2D eigenvalue weighted by molar-refractivity contribution is 9.10. The van der Waals surface area contributed by atoms with Gasteiger partial charge in [0.25, 0.3) is 0 Å². The molecule has 0 saturated carbocycles. The minimum Gasteiger partial charge on any atom is -0.342 e. The van der Waals surface area contributed by atoms with Crippen LogP contribution in [0.25, 0.3) is 11.0 Å². The summed E-state index contributed by atoms with van der Waals surface area (Å²) in [6.07, 6.45) is 2.02. The largest absolute Gasteiger partial charge is 0.342 e. The van der Waals surface area contributed by atoms with Gasteiger partial charge in [-0.2, -0.15) is 0 Å². The van der Waals surface area contributed by atoms with Crippen molar-refractivity contribution in [3.8, 4) is 0 Å². The second-order valence-corrected chi connectivity index (χ2v) is 4.97. The van der Waals surface area contributed by atoms with E-state index in [1.54, 1.807) is 0 Å². The molecule has 0 bridgehead atoms. The van der Waals surface area contributed by atoms with Gasteiger partial charge in [0.05, 0.1) is 11.0 Å². The molecule has 86 valence electrons. The molecule has 1 aromatic heterocycles. The quantitative estimate of drug-likeness (QED) is 0.906. The third-order valence-electron chi connectivity index (χ3n) is 2.89. The van der Waals surface area contributed by atoms with Gasteiger partial charge in [-0.05, 0) is 30.7 Å². The lowest BCUT2D eigenvalue weighted by Crippen LogP contribution is -2.16. The number of aromatic amines is 1. The number of halogens is 1. The second-order valence-electron chi connectivity index (χ2n) is 4.06. The lowest BCUT2D eigenvalue weighted by Gasteiger charge is -2.08. The highest BCUT2D eigenvalue weighted by Gasteiger charge is 2.09. The molecule has 1 unspecified atom stereocenters. The number of nitrogens with two attached hydrogens (primary N) is 1. The molecule has 0 amide bonds. The molecule has 0 saturated heterocycles. The SMILES string of the molecule is CCC(CN)Cc1nc2ccc(Br)cc2[nH]1. The Hall–Kier alpha value is -0.870. The van der Waals surface area contributed by atoms with E-state index in [9.17, 15) is 0 Å². The van der Waals surface area contributed by atoms with Crippen molar-refractivity contribution in [3.05, 3.63) is 28.5 Å². The van der Waals surface area contributed by atoms with Crippen molar-refractivity contribution in [3.63, 3.8) is 0 Å². The Morgan fingerprint density at radius 2 is 2.31 bits per heavy atom. The lowest BCUT2D eigenvalue weighted by molar-refractivity contribution is 0.508. The van der Waals surface area contributed by atoms with Gasteiger partial charge in [-0.3, -0.25) is 0 Å². The van der Waals surface area contributed by atoms with Crippen LogP contribution >= 0.6 is 15.9 Å². The molecule has 2 rings (SSSR count). The van der Waals surface area contributed by atoms with E-state index >= 15 is 0 Å². The van der Waals surface area contributed by atoms with Crippen molar-refractivity contribution in [1.29, 1.82) is 0 Å². The lowest BCUT2D eigenvalue weighted by atomic mass is 10.0. The van der Waals surface area contributed by atoms with Crippen molar-refractivity contribution in [2.45, 2.75) is 19.8 Å². The summed E-state index contributed by atoms with van der Waals surface area (Å²) in [5, 5.41) is 0. The maximum absolute atomic E-state index is 5.70. The standard InChI is InChI=1S/C12H16BrN3/c1-2-8(7-14)5-12-15-10-4-3-9(13)6-11(10)16-12/h3-4,6,8H,2,5,7,14H2,1H3,(H,15,16). The van der Waals surface area contributed by atoms with E-state index in [1.165, 1.54) is 0 Å². The molecule has 3 nitrogen and oxygen atoms in total. The smallest absolute Gasteiger partial charge is 0.107 e. The number of rotatable bonds is 4. The zero-order valence-electron chi connectivity index (χ0n) is 9.33. The summed E-state index contributed by atoms with van der Waals surface area (Å²) in [4.78, 5) is 7.90. The predicted molar refractivity (Wildman–Crippen MR) is 70.3 cm³/mol. The maximum Gasteiger partial charge on any atom is 0.107 e. The molecule has 0 aliphatic heterocycles. The van der Waals surface area contributed by atoms with E-state index in [2.05, 4.69) is 38.9 Å². The van der Waals surface area contributed by atoms with Crippen molar-refractivity contribution < 1.29 is 0 Å². The Kier molecular flexibility index (Phi) is 3.61. The van der Waals surface area contributed by atoms with Crippen LogP contribution in [0.4, 0.5) is 0 Å². The third-order valence-corrected chi connectivity index (χ3v) is 3.38. The fourth-order valence-electron chi connectivity index (χ4n) is 1.80. The number of hydrogen-bond acceptors (Lipinski definition) is 2. The minimum absolute atomic E-state index is 0.518. The molecule has 4 heteroatoms. The molecule has 0 aliphatic rings. The second kappa shape index (κ2) is 4.97. The normalized spacial score (nSPS) is 13.2. The van der Waals surface area contributed by atoms with Crippen LogP contribution in [-0.2, 0) is 6.42 Å². The van der Waals surface area contributed by atoms with Crippen LogP contribution in [0.5, 0.6) is 0 Å². The Balaban J connectivity index is 2.25. The molecular weight excluding hydrogens is 266 g/mol. The summed E-state index contributed by atoms with van der Waals surface area (Å²) in [5.41, 5.74) is 7.80. The summed E-state index contributed by atoms with van der Waals surface area (Å²) >= 11 is 3.45. The fourth-order valence-corrected chi connectivity index (χ4v) is 2.16. The average Bonchev–Trinajstić information content (AvgIpc) is 2.67. The number of aromatic nitrogens is 2. The topological polar surface area (TPSA) is 54.7 Å². The summed E-state index contributed by atoms with van der Waals surface area (Å²) in [6.45, 7) is 2.88. The monoisotopic (exact) mass is 281 g/mol. The van der Waals surface area contributed by atoms with Crippen LogP contribution in [-0.4, -0.2) is 16.5 Å². The van der Waals surface area contributed by atoms with Crippen LogP contribution < -0.4 is 5.73 Å². The average molecular weight is 282 g/mol. The van der Waals surface area contributed by atoms with E-state index in [4.69, 9.17) is 5.73 Å². The molecule has 0 fully saturated rings. The highest BCUT2D eigenvalue weighted by Crippen LogP contribution is 2.19. The van der Waals surface area contributed by atoms with Crippen LogP contribution in [0.3, 0.4) is 0 Å². The molecule has 16 heavy (non-hydrogen) atoms. The first-order valence-electron chi connectivity index (χ1n) is 5.57. The number of imidazole rings is 1. The van der Waals surface area contributed by atoms with Gasteiger partial charge in [-0.1, -0.05) is 29.3 Å². The first-order chi connectivity index (χ1) is 7.72. The molecule has 0 aliphatic carbocycles. The molecule has 2 aromatic rings. The number of nitrogens with zero attached hydrogens (tertiary/aromatic N) is 1. The number of fused-ring (bicyclic) bond motifs is 1. The van der Waals surface area contributed by atoms with Crippen molar-refractivity contribution in [2.24, 2.45) is 11.7 Å². The molecule has 1 atom stereocenters. The van der Waals surface area contributed by atoms with Crippen molar-refractivity contribution in [2.75, 3.05) is 6.54 Å². The molecule has 1 aromatic carbocycles. The first-order valence-corrected chi connectivity index (χ1v) is 6.36. The molecule has 3 N–H and O–H groups in total. The zero-order chi connectivity index (χ0) is 11.5. The Bertz CT molecular complexity index is 474. The Labute approximate surface area is 104 Å². The van der Waals surface area contributed by atoms with Gasteiger partial charge in [0, 0.05) is 10.9 Å². The van der Waals surface area contributed by atoms with Gasteiger partial charge >= 0.3 is 0 Å². The van der Waals surface area contributed by atoms with E-state index in [1.807, 2.05) is 12.1 Å². The minimum atomic E-state index is 0.518. The Morgan fingerprint density at radius 3 is 3.00 bits per heavy atom. The van der Waals surface area contributed by atoms with Gasteiger partial charge in [0.2, 0.25) is 0 Å². The number of nitrogens with one attached hydrogen (secondary N) is 1. The van der Waals surface area contributed by atoms with Gasteiger partial charge in [0.15, 0.2) is 0 Å². The van der Waals surface area contributed by atoms with E-state index < -0.39 is 0 Å². The maximum atomic E-state index is 5.70. The highest BCUT2D eigenvalue weighted by atomic mass is 79.9. The van der Waals surface area contributed by atoms with Gasteiger partial charge in [-0.15, -0.1) is 0 Å². The van der Waals surface area contributed by atoms with Gasteiger partial charge in [-0.25, -0.2) is 4.98 Å². The van der Waals surface area contributed by atoms with E-state index in [0.717, 1.165) is 40.7 Å². The van der Waals surface area contributed by atoms with E-state index in [0.29, 0.717) is 5.92 Å². The third kappa shape index (κ3) is 2.44. The molecule has 1 heterocycles. The summed E-state index contributed by atoms with van der Waals surface area (Å²) in [6, 6.07) is 6.07. The summed E-state index contributed by atoms with van der Waals surface area (Å²) < 4.78 is 1.07. The predicted octanol–water partition coefficient (Wildman–Crippen LogP) is 2.85. The van der Waals surface area contributed by atoms with Crippen LogP contribution in [0, 0.1) is 5.92 Å². The molecular formula is C12H16BrN3. The number of hydrogen-bond donors (Lipinski definition) is 2. The van der Waals surface area contributed by atoms with Gasteiger partial charge < -0.3 is 10.7 Å². The van der Waals surface area contributed by atoms with Gasteiger partial charge in [0.1, 0.15) is 5.82 Å². The number of benzene rings is 1. The van der Waals surface area contributed by atoms with Crippen molar-refractivity contribution >= 4 is 27.0 Å². The molecule has 0 spiro atoms. The fraction of sp³-hybridized carbons (Fsp3) is 0.417.